The molecule has 0 bridgehead atoms. The van der Waals surface area contributed by atoms with Crippen LogP contribution >= 0.6 is 0 Å². The molecule has 1 heterocycles. The van der Waals surface area contributed by atoms with Crippen molar-refractivity contribution >= 4 is 12.2 Å². The molecular weight excluding hydrogens is 241 g/mol. The third-order valence-electron chi connectivity index (χ3n) is 2.24. The van der Waals surface area contributed by atoms with Gasteiger partial charge >= 0.3 is 6.18 Å². The molecule has 2 rings (SSSR count). The minimum Gasteiger partial charge on any atom is -0.233 e. The van der Waals surface area contributed by atoms with Gasteiger partial charge < -0.3 is 0 Å². The first kappa shape index (κ1) is 12.3. The second kappa shape index (κ2) is 5.00. The summed E-state index contributed by atoms with van der Waals surface area (Å²) in [6, 6.07) is 9.01. The smallest absolute Gasteiger partial charge is 0.233 e. The summed E-state index contributed by atoms with van der Waals surface area (Å²) in [5.41, 5.74) is -0.265. The third-order valence-corrected chi connectivity index (χ3v) is 2.24. The van der Waals surface area contributed by atoms with Crippen LogP contribution in [0.1, 0.15) is 16.8 Å². The topological polar surface area (TPSA) is 25.8 Å². The Kier molecular flexibility index (Phi) is 3.41. The van der Waals surface area contributed by atoms with Crippen molar-refractivity contribution in [2.75, 3.05) is 0 Å². The van der Waals surface area contributed by atoms with Crippen LogP contribution in [0.4, 0.5) is 13.2 Å². The molecule has 0 spiro atoms. The van der Waals surface area contributed by atoms with Gasteiger partial charge in [-0.2, -0.15) is 13.2 Å². The Bertz CT molecular complexity index is 548. The maximum absolute atomic E-state index is 12.6. The zero-order chi connectivity index (χ0) is 13.0. The zero-order valence-electron chi connectivity index (χ0n) is 9.15. The number of rotatable bonds is 2. The Morgan fingerprint density at radius 1 is 1.06 bits per heavy atom. The molecule has 91 valence electrons. The van der Waals surface area contributed by atoms with E-state index in [-0.39, 0.29) is 5.69 Å². The van der Waals surface area contributed by atoms with Crippen molar-refractivity contribution in [1.29, 1.82) is 0 Å². The molecule has 0 fully saturated rings. The lowest BCUT2D eigenvalue weighted by atomic mass is 10.1. The number of hydrogen-bond acceptors (Lipinski definition) is 2. The molecule has 18 heavy (non-hydrogen) atoms. The maximum atomic E-state index is 12.6. The van der Waals surface area contributed by atoms with Gasteiger partial charge in [0.2, 0.25) is 0 Å². The molecule has 2 aromatic rings. The van der Waals surface area contributed by atoms with Gasteiger partial charge in [0.1, 0.15) is 0 Å². The van der Waals surface area contributed by atoms with Gasteiger partial charge in [-0.1, -0.05) is 36.4 Å². The lowest BCUT2D eigenvalue weighted by Gasteiger charge is -2.07. The van der Waals surface area contributed by atoms with Crippen molar-refractivity contribution in [2.45, 2.75) is 6.18 Å². The molecule has 1 radical (unpaired) electrons. The van der Waals surface area contributed by atoms with Crippen LogP contribution < -0.4 is 0 Å². The third kappa shape index (κ3) is 2.94. The predicted octanol–water partition coefficient (Wildman–Crippen LogP) is 3.47. The van der Waals surface area contributed by atoms with Gasteiger partial charge in [0.05, 0.1) is 11.3 Å². The molecule has 0 atom stereocenters. The monoisotopic (exact) mass is 249 g/mol. The van der Waals surface area contributed by atoms with E-state index in [9.17, 15) is 13.2 Å². The van der Waals surface area contributed by atoms with Crippen molar-refractivity contribution < 1.29 is 13.2 Å². The van der Waals surface area contributed by atoms with Crippen molar-refractivity contribution in [3.8, 4) is 0 Å². The normalized spacial score (nSPS) is 11.9. The highest BCUT2D eigenvalue weighted by atomic mass is 19.4. The van der Waals surface area contributed by atoms with E-state index in [1.807, 2.05) is 6.07 Å². The molecule has 0 amide bonds. The highest BCUT2D eigenvalue weighted by Gasteiger charge is 2.33. The van der Waals surface area contributed by atoms with Crippen LogP contribution in [0.2, 0.25) is 0 Å². The molecule has 0 aliphatic carbocycles. The SMILES string of the molecule is FC(F)(F)c1cn[c]nc1C=Cc1ccccc1. The van der Waals surface area contributed by atoms with Crippen LogP contribution in [0.3, 0.4) is 0 Å². The van der Waals surface area contributed by atoms with Crippen LogP contribution in [0.25, 0.3) is 12.2 Å². The molecule has 0 N–H and O–H groups in total. The summed E-state index contributed by atoms with van der Waals surface area (Å²) in [6.45, 7) is 0. The lowest BCUT2D eigenvalue weighted by Crippen LogP contribution is -2.09. The van der Waals surface area contributed by atoms with Gasteiger partial charge in [0, 0.05) is 6.20 Å². The Balaban J connectivity index is 2.33. The lowest BCUT2D eigenvalue weighted by molar-refractivity contribution is -0.138. The van der Waals surface area contributed by atoms with Gasteiger partial charge in [0.25, 0.3) is 0 Å². The quantitative estimate of drug-likeness (QED) is 0.814. The summed E-state index contributed by atoms with van der Waals surface area (Å²) in [6.07, 6.45) is 1.27. The van der Waals surface area contributed by atoms with E-state index in [1.165, 1.54) is 6.08 Å². The average Bonchev–Trinajstić information content (AvgIpc) is 2.37. The van der Waals surface area contributed by atoms with Crippen molar-refractivity contribution in [3.05, 3.63) is 59.7 Å². The van der Waals surface area contributed by atoms with Gasteiger partial charge in [-0.3, -0.25) is 0 Å². The molecular formula is C13H8F3N2. The molecule has 0 saturated carbocycles. The second-order valence-electron chi connectivity index (χ2n) is 3.51. The maximum Gasteiger partial charge on any atom is 0.419 e. The summed E-state index contributed by atoms with van der Waals surface area (Å²) in [7, 11) is 0. The van der Waals surface area contributed by atoms with Gasteiger partial charge in [-0.05, 0) is 11.6 Å². The average molecular weight is 249 g/mol. The van der Waals surface area contributed by atoms with E-state index >= 15 is 0 Å². The van der Waals surface area contributed by atoms with Crippen LogP contribution in [-0.2, 0) is 6.18 Å². The number of halogens is 3. The fraction of sp³-hybridized carbons (Fsp3) is 0.0769. The molecule has 5 heteroatoms. The zero-order valence-corrected chi connectivity index (χ0v) is 9.15. The predicted molar refractivity (Wildman–Crippen MR) is 61.2 cm³/mol. The minimum atomic E-state index is -4.47. The number of hydrogen-bond donors (Lipinski definition) is 0. The van der Waals surface area contributed by atoms with Crippen LogP contribution in [-0.4, -0.2) is 9.97 Å². The molecule has 0 unspecified atom stereocenters. The van der Waals surface area contributed by atoms with Gasteiger partial charge in [0.15, 0.2) is 6.33 Å². The summed E-state index contributed by atoms with van der Waals surface area (Å²) < 4.78 is 37.9. The van der Waals surface area contributed by atoms with E-state index in [4.69, 9.17) is 0 Å². The first-order valence-electron chi connectivity index (χ1n) is 5.11. The van der Waals surface area contributed by atoms with Crippen molar-refractivity contribution in [1.82, 2.24) is 9.97 Å². The summed E-state index contributed by atoms with van der Waals surface area (Å²) in [5, 5.41) is 0. The Morgan fingerprint density at radius 2 is 1.78 bits per heavy atom. The molecule has 0 aliphatic rings. The fourth-order valence-corrected chi connectivity index (χ4v) is 1.39. The van der Waals surface area contributed by atoms with Crippen LogP contribution in [0, 0.1) is 6.33 Å². The fourth-order valence-electron chi connectivity index (χ4n) is 1.39. The largest absolute Gasteiger partial charge is 0.419 e. The number of benzene rings is 1. The Labute approximate surface area is 102 Å². The Hall–Kier alpha value is -2.17. The number of alkyl halides is 3. The standard InChI is InChI=1S/C13H8F3N2/c14-13(15,16)11-8-17-9-18-12(11)7-6-10-4-2-1-3-5-10/h1-8H. The first-order chi connectivity index (χ1) is 8.57. The molecule has 2 nitrogen and oxygen atoms in total. The minimum absolute atomic E-state index is 0.193. The van der Waals surface area contributed by atoms with Crippen molar-refractivity contribution in [3.63, 3.8) is 0 Å². The van der Waals surface area contributed by atoms with E-state index in [2.05, 4.69) is 16.3 Å². The van der Waals surface area contributed by atoms with Gasteiger partial charge in [-0.25, -0.2) is 9.97 Å². The van der Waals surface area contributed by atoms with Gasteiger partial charge in [-0.15, -0.1) is 0 Å². The van der Waals surface area contributed by atoms with Crippen LogP contribution in [0.15, 0.2) is 36.5 Å². The highest BCUT2D eigenvalue weighted by molar-refractivity contribution is 5.69. The van der Waals surface area contributed by atoms with Crippen LogP contribution in [0.5, 0.6) is 0 Å². The van der Waals surface area contributed by atoms with E-state index in [0.717, 1.165) is 11.8 Å². The van der Waals surface area contributed by atoms with Crippen molar-refractivity contribution in [2.24, 2.45) is 0 Å². The Morgan fingerprint density at radius 3 is 2.44 bits per heavy atom. The summed E-state index contributed by atoms with van der Waals surface area (Å²) in [5.74, 6) is 0. The van der Waals surface area contributed by atoms with E-state index < -0.39 is 11.7 Å². The highest BCUT2D eigenvalue weighted by Crippen LogP contribution is 2.31. The summed E-state index contributed by atoms with van der Waals surface area (Å²) in [4.78, 5) is 6.79. The van der Waals surface area contributed by atoms with E-state index in [0.29, 0.717) is 0 Å². The molecule has 1 aromatic carbocycles. The number of aromatic nitrogens is 2. The first-order valence-corrected chi connectivity index (χ1v) is 5.11. The second-order valence-corrected chi connectivity index (χ2v) is 3.51. The molecule has 1 aromatic heterocycles. The molecule has 0 saturated heterocycles. The molecule has 0 aliphatic heterocycles. The number of nitrogens with zero attached hydrogens (tertiary/aromatic N) is 2. The van der Waals surface area contributed by atoms with E-state index in [1.54, 1.807) is 30.3 Å². The summed E-state index contributed by atoms with van der Waals surface area (Å²) >= 11 is 0.